The zero-order valence-corrected chi connectivity index (χ0v) is 8.75. The summed E-state index contributed by atoms with van der Waals surface area (Å²) in [5, 5.41) is 0. The molecule has 0 fully saturated rings. The summed E-state index contributed by atoms with van der Waals surface area (Å²) in [6, 6.07) is 0. The summed E-state index contributed by atoms with van der Waals surface area (Å²) in [7, 11) is 0. The Morgan fingerprint density at radius 2 is 1.85 bits per heavy atom. The SMILES string of the molecule is CCC(CC)=C(CC)n1ccnc1. The molecule has 0 aliphatic heterocycles. The predicted molar refractivity (Wildman–Crippen MR) is 56.3 cm³/mol. The first kappa shape index (κ1) is 10.0. The Labute approximate surface area is 80.3 Å². The first-order valence-corrected chi connectivity index (χ1v) is 5.02. The van der Waals surface area contributed by atoms with Gasteiger partial charge in [-0.3, -0.25) is 0 Å². The quantitative estimate of drug-likeness (QED) is 0.691. The maximum absolute atomic E-state index is 4.07. The van der Waals surface area contributed by atoms with E-state index in [9.17, 15) is 0 Å². The van der Waals surface area contributed by atoms with E-state index in [1.165, 1.54) is 11.3 Å². The van der Waals surface area contributed by atoms with E-state index in [1.807, 2.05) is 18.7 Å². The Morgan fingerprint density at radius 1 is 1.15 bits per heavy atom. The van der Waals surface area contributed by atoms with Crippen LogP contribution in [0, 0.1) is 0 Å². The maximum atomic E-state index is 4.07. The lowest BCUT2D eigenvalue weighted by Gasteiger charge is -2.11. The normalized spacial score (nSPS) is 10.1. The van der Waals surface area contributed by atoms with Gasteiger partial charge in [0.05, 0.1) is 6.33 Å². The monoisotopic (exact) mass is 178 g/mol. The van der Waals surface area contributed by atoms with Gasteiger partial charge < -0.3 is 4.57 Å². The second-order valence-corrected chi connectivity index (χ2v) is 3.08. The molecule has 0 radical (unpaired) electrons. The summed E-state index contributed by atoms with van der Waals surface area (Å²) >= 11 is 0. The fourth-order valence-corrected chi connectivity index (χ4v) is 1.69. The van der Waals surface area contributed by atoms with Crippen LogP contribution in [0.3, 0.4) is 0 Å². The van der Waals surface area contributed by atoms with Gasteiger partial charge in [-0.2, -0.15) is 0 Å². The van der Waals surface area contributed by atoms with E-state index in [0.29, 0.717) is 0 Å². The van der Waals surface area contributed by atoms with E-state index in [-0.39, 0.29) is 0 Å². The highest BCUT2D eigenvalue weighted by Crippen LogP contribution is 2.19. The van der Waals surface area contributed by atoms with E-state index in [0.717, 1.165) is 19.3 Å². The largest absolute Gasteiger partial charge is 0.310 e. The van der Waals surface area contributed by atoms with Gasteiger partial charge in [0.15, 0.2) is 0 Å². The number of aromatic nitrogens is 2. The van der Waals surface area contributed by atoms with Crippen LogP contribution in [-0.2, 0) is 0 Å². The molecule has 0 aliphatic carbocycles. The Hall–Kier alpha value is -1.05. The third-order valence-electron chi connectivity index (χ3n) is 2.41. The number of allylic oxidation sites excluding steroid dienone is 2. The molecule has 0 spiro atoms. The molecule has 13 heavy (non-hydrogen) atoms. The van der Waals surface area contributed by atoms with Gasteiger partial charge >= 0.3 is 0 Å². The van der Waals surface area contributed by atoms with Crippen molar-refractivity contribution in [2.45, 2.75) is 40.0 Å². The van der Waals surface area contributed by atoms with Crippen LogP contribution in [0.5, 0.6) is 0 Å². The minimum absolute atomic E-state index is 1.08. The highest BCUT2D eigenvalue weighted by molar-refractivity contribution is 5.49. The predicted octanol–water partition coefficient (Wildman–Crippen LogP) is 3.32. The molecule has 1 rings (SSSR count). The van der Waals surface area contributed by atoms with Gasteiger partial charge in [0.25, 0.3) is 0 Å². The Balaban J connectivity index is 3.02. The van der Waals surface area contributed by atoms with Crippen LogP contribution in [0.15, 0.2) is 24.3 Å². The number of rotatable bonds is 4. The molecule has 1 aromatic heterocycles. The Morgan fingerprint density at radius 3 is 2.23 bits per heavy atom. The molecule has 0 amide bonds. The smallest absolute Gasteiger partial charge is 0.0989 e. The van der Waals surface area contributed by atoms with Gasteiger partial charge in [-0.25, -0.2) is 4.98 Å². The zero-order valence-electron chi connectivity index (χ0n) is 8.75. The minimum Gasteiger partial charge on any atom is -0.310 e. The number of hydrogen-bond acceptors (Lipinski definition) is 1. The average molecular weight is 178 g/mol. The van der Waals surface area contributed by atoms with Gasteiger partial charge in [0, 0.05) is 18.1 Å². The fourth-order valence-electron chi connectivity index (χ4n) is 1.69. The summed E-state index contributed by atoms with van der Waals surface area (Å²) in [6.45, 7) is 6.62. The molecule has 0 saturated carbocycles. The highest BCUT2D eigenvalue weighted by atomic mass is 15.0. The fraction of sp³-hybridized carbons (Fsp3) is 0.545. The van der Waals surface area contributed by atoms with Crippen LogP contribution < -0.4 is 0 Å². The maximum Gasteiger partial charge on any atom is 0.0989 e. The summed E-state index contributed by atoms with van der Waals surface area (Å²) in [5.74, 6) is 0. The standard InChI is InChI=1S/C11H18N2/c1-4-10(5-2)11(6-3)13-8-7-12-9-13/h7-9H,4-6H2,1-3H3. The van der Waals surface area contributed by atoms with Crippen molar-refractivity contribution in [3.8, 4) is 0 Å². The van der Waals surface area contributed by atoms with Crippen LogP contribution >= 0.6 is 0 Å². The summed E-state index contributed by atoms with van der Waals surface area (Å²) in [6.07, 6.45) is 9.08. The van der Waals surface area contributed by atoms with E-state index in [2.05, 4.69) is 30.3 Å². The van der Waals surface area contributed by atoms with Crippen molar-refractivity contribution in [2.75, 3.05) is 0 Å². The molecule has 72 valence electrons. The molecule has 1 heterocycles. The van der Waals surface area contributed by atoms with E-state index < -0.39 is 0 Å². The van der Waals surface area contributed by atoms with Crippen LogP contribution in [0.25, 0.3) is 5.70 Å². The molecule has 1 aromatic rings. The number of imidazole rings is 1. The zero-order chi connectivity index (χ0) is 9.68. The third-order valence-corrected chi connectivity index (χ3v) is 2.41. The molecule has 2 nitrogen and oxygen atoms in total. The number of nitrogens with zero attached hydrogens (tertiary/aromatic N) is 2. The van der Waals surface area contributed by atoms with Crippen molar-refractivity contribution in [3.63, 3.8) is 0 Å². The molecule has 0 aliphatic rings. The molecule has 2 heteroatoms. The molecule has 0 saturated heterocycles. The van der Waals surface area contributed by atoms with Crippen molar-refractivity contribution >= 4 is 5.70 Å². The molecular weight excluding hydrogens is 160 g/mol. The molecule has 0 unspecified atom stereocenters. The van der Waals surface area contributed by atoms with E-state index in [1.54, 1.807) is 0 Å². The lowest BCUT2D eigenvalue weighted by atomic mass is 10.1. The number of hydrogen-bond donors (Lipinski definition) is 0. The second kappa shape index (κ2) is 4.85. The molecule has 0 atom stereocenters. The van der Waals surface area contributed by atoms with Crippen molar-refractivity contribution < 1.29 is 0 Å². The Bertz CT molecular complexity index is 264. The first-order valence-electron chi connectivity index (χ1n) is 5.02. The van der Waals surface area contributed by atoms with Gasteiger partial charge in [-0.05, 0) is 19.3 Å². The third kappa shape index (κ3) is 2.20. The summed E-state index contributed by atoms with van der Waals surface area (Å²) in [5.41, 5.74) is 2.93. The van der Waals surface area contributed by atoms with Crippen LogP contribution in [-0.4, -0.2) is 9.55 Å². The lowest BCUT2D eigenvalue weighted by molar-refractivity contribution is 0.905. The minimum atomic E-state index is 1.08. The second-order valence-electron chi connectivity index (χ2n) is 3.08. The van der Waals surface area contributed by atoms with E-state index in [4.69, 9.17) is 0 Å². The van der Waals surface area contributed by atoms with Crippen molar-refractivity contribution in [2.24, 2.45) is 0 Å². The topological polar surface area (TPSA) is 17.8 Å². The van der Waals surface area contributed by atoms with Crippen molar-refractivity contribution in [1.29, 1.82) is 0 Å². The van der Waals surface area contributed by atoms with Gasteiger partial charge in [-0.15, -0.1) is 0 Å². The molecule has 0 N–H and O–H groups in total. The summed E-state index contributed by atoms with van der Waals surface area (Å²) < 4.78 is 2.13. The van der Waals surface area contributed by atoms with Crippen molar-refractivity contribution in [1.82, 2.24) is 9.55 Å². The van der Waals surface area contributed by atoms with Crippen molar-refractivity contribution in [3.05, 3.63) is 24.3 Å². The Kier molecular flexibility index (Phi) is 3.74. The molecule has 0 aromatic carbocycles. The van der Waals surface area contributed by atoms with Gasteiger partial charge in [-0.1, -0.05) is 26.3 Å². The highest BCUT2D eigenvalue weighted by Gasteiger charge is 2.02. The van der Waals surface area contributed by atoms with Crippen LogP contribution in [0.1, 0.15) is 40.0 Å². The van der Waals surface area contributed by atoms with E-state index >= 15 is 0 Å². The first-order chi connectivity index (χ1) is 6.33. The molecule has 0 bridgehead atoms. The lowest BCUT2D eigenvalue weighted by Crippen LogP contribution is -1.97. The molecular formula is C11H18N2. The van der Waals surface area contributed by atoms with Crippen LogP contribution in [0.2, 0.25) is 0 Å². The van der Waals surface area contributed by atoms with Crippen LogP contribution in [0.4, 0.5) is 0 Å². The van der Waals surface area contributed by atoms with Gasteiger partial charge in [0.2, 0.25) is 0 Å². The average Bonchev–Trinajstić information content (AvgIpc) is 2.66. The summed E-state index contributed by atoms with van der Waals surface area (Å²) in [4.78, 5) is 4.07. The van der Waals surface area contributed by atoms with Gasteiger partial charge in [0.1, 0.15) is 0 Å².